The number of carbonyl (C=O) groups excluding carboxylic acids is 1. The topological polar surface area (TPSA) is 75.7 Å². The van der Waals surface area contributed by atoms with Crippen molar-refractivity contribution in [3.05, 3.63) is 47.3 Å². The largest absolute Gasteiger partial charge is 0.497 e. The van der Waals surface area contributed by atoms with Gasteiger partial charge in [-0.15, -0.1) is 11.3 Å². The van der Waals surface area contributed by atoms with Crippen LogP contribution in [0.15, 0.2) is 46.0 Å². The molecule has 1 amide bonds. The highest BCUT2D eigenvalue weighted by molar-refractivity contribution is 7.91. The number of carbonyl (C=O) groups is 1. The Balaban J connectivity index is 1.63. The van der Waals surface area contributed by atoms with Crippen LogP contribution < -0.4 is 10.1 Å². The molecule has 2 aromatic rings. The van der Waals surface area contributed by atoms with E-state index in [9.17, 15) is 13.2 Å². The molecule has 1 aromatic heterocycles. The van der Waals surface area contributed by atoms with Gasteiger partial charge < -0.3 is 10.1 Å². The molecule has 3 rings (SSSR count). The van der Waals surface area contributed by atoms with Gasteiger partial charge >= 0.3 is 0 Å². The first-order valence-electron chi connectivity index (χ1n) is 8.95. The molecule has 1 fully saturated rings. The fourth-order valence-corrected chi connectivity index (χ4v) is 6.10. The van der Waals surface area contributed by atoms with Crippen LogP contribution in [0.4, 0.5) is 0 Å². The van der Waals surface area contributed by atoms with Crippen LogP contribution in [0, 0.1) is 0 Å². The van der Waals surface area contributed by atoms with Crippen molar-refractivity contribution in [1.82, 2.24) is 9.62 Å². The Labute approximate surface area is 164 Å². The van der Waals surface area contributed by atoms with Crippen LogP contribution in [0.1, 0.15) is 31.2 Å². The summed E-state index contributed by atoms with van der Waals surface area (Å²) in [6.07, 6.45) is 2.64. The van der Waals surface area contributed by atoms with Gasteiger partial charge in [0.15, 0.2) is 0 Å². The van der Waals surface area contributed by atoms with Gasteiger partial charge in [0.1, 0.15) is 9.96 Å². The van der Waals surface area contributed by atoms with Crippen LogP contribution in [-0.2, 0) is 21.4 Å². The van der Waals surface area contributed by atoms with Crippen molar-refractivity contribution >= 4 is 27.3 Å². The molecule has 1 aliphatic heterocycles. The lowest BCUT2D eigenvalue weighted by molar-refractivity contribution is -0.122. The number of amides is 1. The van der Waals surface area contributed by atoms with E-state index in [0.29, 0.717) is 23.7 Å². The third-order valence-corrected chi connectivity index (χ3v) is 8.00. The van der Waals surface area contributed by atoms with Gasteiger partial charge in [-0.25, -0.2) is 8.42 Å². The molecule has 1 unspecified atom stereocenters. The molecule has 0 radical (unpaired) electrons. The van der Waals surface area contributed by atoms with Crippen molar-refractivity contribution in [3.8, 4) is 5.75 Å². The van der Waals surface area contributed by atoms with Gasteiger partial charge in [0.05, 0.1) is 7.11 Å². The maximum Gasteiger partial charge on any atom is 0.252 e. The van der Waals surface area contributed by atoms with Gasteiger partial charge in [-0.05, 0) is 42.0 Å². The first-order chi connectivity index (χ1) is 13.0. The van der Waals surface area contributed by atoms with Crippen molar-refractivity contribution in [2.45, 2.75) is 42.5 Å². The maximum absolute atomic E-state index is 12.9. The molecule has 146 valence electrons. The zero-order valence-corrected chi connectivity index (χ0v) is 16.9. The number of methoxy groups -OCH3 is 1. The molecule has 0 spiro atoms. The lowest BCUT2D eigenvalue weighted by Crippen LogP contribution is -2.45. The van der Waals surface area contributed by atoms with Crippen LogP contribution in [-0.4, -0.2) is 38.3 Å². The normalized spacial score (nSPS) is 18.2. The Morgan fingerprint density at radius 3 is 2.89 bits per heavy atom. The molecular formula is C19H24N2O4S2. The minimum absolute atomic E-state index is 0.143. The van der Waals surface area contributed by atoms with E-state index in [0.717, 1.165) is 24.2 Å². The lowest BCUT2D eigenvalue weighted by Gasteiger charge is -2.34. The molecule has 1 aliphatic rings. The third-order valence-electron chi connectivity index (χ3n) is 4.68. The molecule has 8 heteroatoms. The fourth-order valence-electron chi connectivity index (χ4n) is 3.29. The average Bonchev–Trinajstić information content (AvgIpc) is 3.23. The number of sulfonamides is 1. The summed E-state index contributed by atoms with van der Waals surface area (Å²) < 4.78 is 32.8. The van der Waals surface area contributed by atoms with Crippen molar-refractivity contribution in [2.24, 2.45) is 0 Å². The summed E-state index contributed by atoms with van der Waals surface area (Å²) in [6, 6.07) is 10.6. The predicted molar refractivity (Wildman–Crippen MR) is 105 cm³/mol. The van der Waals surface area contributed by atoms with Crippen LogP contribution >= 0.6 is 11.3 Å². The number of benzene rings is 1. The number of rotatable bonds is 7. The molecular weight excluding hydrogens is 384 g/mol. The summed E-state index contributed by atoms with van der Waals surface area (Å²) in [4.78, 5) is 12.4. The first kappa shape index (κ1) is 19.9. The van der Waals surface area contributed by atoms with Crippen LogP contribution in [0.3, 0.4) is 0 Å². The average molecular weight is 409 g/mol. The van der Waals surface area contributed by atoms with E-state index in [4.69, 9.17) is 4.74 Å². The van der Waals surface area contributed by atoms with Crippen LogP contribution in [0.2, 0.25) is 0 Å². The van der Waals surface area contributed by atoms with Crippen molar-refractivity contribution < 1.29 is 17.9 Å². The van der Waals surface area contributed by atoms with Crippen LogP contribution in [0.25, 0.3) is 0 Å². The second-order valence-electron chi connectivity index (χ2n) is 6.53. The highest BCUT2D eigenvalue weighted by atomic mass is 32.2. The molecule has 2 heterocycles. The zero-order chi connectivity index (χ0) is 19.3. The van der Waals surface area contributed by atoms with E-state index >= 15 is 0 Å². The molecule has 1 aromatic carbocycles. The third kappa shape index (κ3) is 4.88. The lowest BCUT2D eigenvalue weighted by atomic mass is 10.0. The predicted octanol–water partition coefficient (Wildman–Crippen LogP) is 3.01. The fraction of sp³-hybridized carbons (Fsp3) is 0.421. The number of nitrogens with zero attached hydrogens (tertiary/aromatic N) is 1. The number of thiophene rings is 1. The van der Waals surface area contributed by atoms with Gasteiger partial charge in [0.2, 0.25) is 5.91 Å². The monoisotopic (exact) mass is 408 g/mol. The van der Waals surface area contributed by atoms with E-state index in [2.05, 4.69) is 5.32 Å². The summed E-state index contributed by atoms with van der Waals surface area (Å²) in [5, 5.41) is 4.65. The Morgan fingerprint density at radius 1 is 1.30 bits per heavy atom. The minimum atomic E-state index is -3.53. The minimum Gasteiger partial charge on any atom is -0.497 e. The second-order valence-corrected chi connectivity index (χ2v) is 9.59. The van der Waals surface area contributed by atoms with Gasteiger partial charge in [0, 0.05) is 25.6 Å². The highest BCUT2D eigenvalue weighted by Crippen LogP contribution is 2.29. The molecule has 6 nitrogen and oxygen atoms in total. The van der Waals surface area contributed by atoms with Gasteiger partial charge in [0.25, 0.3) is 10.0 Å². The summed E-state index contributed by atoms with van der Waals surface area (Å²) in [6.45, 7) is 0.856. The van der Waals surface area contributed by atoms with Crippen LogP contribution in [0.5, 0.6) is 5.75 Å². The number of hydrogen-bond donors (Lipinski definition) is 1. The summed E-state index contributed by atoms with van der Waals surface area (Å²) >= 11 is 1.21. The zero-order valence-electron chi connectivity index (χ0n) is 15.3. The number of nitrogens with one attached hydrogen (secondary N) is 1. The maximum atomic E-state index is 12.9. The Hall–Kier alpha value is -1.90. The van der Waals surface area contributed by atoms with E-state index in [-0.39, 0.29) is 18.4 Å². The molecule has 27 heavy (non-hydrogen) atoms. The number of piperidine rings is 1. The van der Waals surface area contributed by atoms with Gasteiger partial charge in [-0.3, -0.25) is 4.79 Å². The summed E-state index contributed by atoms with van der Waals surface area (Å²) in [5.41, 5.74) is 0.939. The summed E-state index contributed by atoms with van der Waals surface area (Å²) in [5.74, 6) is 0.596. The second kappa shape index (κ2) is 8.86. The van der Waals surface area contributed by atoms with Crippen molar-refractivity contribution in [3.63, 3.8) is 0 Å². The first-order valence-corrected chi connectivity index (χ1v) is 11.3. The molecule has 0 saturated carbocycles. The Kier molecular flexibility index (Phi) is 6.51. The smallest absolute Gasteiger partial charge is 0.252 e. The molecule has 1 N–H and O–H groups in total. The van der Waals surface area contributed by atoms with Gasteiger partial charge in [-0.1, -0.05) is 24.6 Å². The molecule has 1 saturated heterocycles. The Bertz CT molecular complexity index is 866. The number of ether oxygens (including phenoxy) is 1. The van der Waals surface area contributed by atoms with Crippen molar-refractivity contribution in [2.75, 3.05) is 13.7 Å². The highest BCUT2D eigenvalue weighted by Gasteiger charge is 2.35. The summed E-state index contributed by atoms with van der Waals surface area (Å²) in [7, 11) is -1.93. The van der Waals surface area contributed by atoms with E-state index in [1.807, 2.05) is 24.3 Å². The standard InChI is InChI=1S/C19H24N2O4S2/c1-25-17-8-4-6-15(12-17)14-20-18(22)13-16-7-2-3-10-21(16)27(23,24)19-9-5-11-26-19/h4-6,8-9,11-12,16H,2-3,7,10,13-14H2,1H3,(H,20,22). The Morgan fingerprint density at radius 2 is 2.15 bits per heavy atom. The number of hydrogen-bond acceptors (Lipinski definition) is 5. The SMILES string of the molecule is COc1cccc(CNC(=O)CC2CCCCN2S(=O)(=O)c2cccs2)c1. The quantitative estimate of drug-likeness (QED) is 0.764. The molecule has 1 atom stereocenters. The van der Waals surface area contributed by atoms with E-state index in [1.54, 1.807) is 24.6 Å². The molecule has 0 bridgehead atoms. The van der Waals surface area contributed by atoms with E-state index in [1.165, 1.54) is 15.6 Å². The van der Waals surface area contributed by atoms with Crippen molar-refractivity contribution in [1.29, 1.82) is 0 Å². The van der Waals surface area contributed by atoms with Gasteiger partial charge in [-0.2, -0.15) is 4.31 Å². The molecule has 0 aliphatic carbocycles. The van der Waals surface area contributed by atoms with E-state index < -0.39 is 10.0 Å².